The van der Waals surface area contributed by atoms with Crippen LogP contribution < -0.4 is 0 Å². The average molecular weight is 310 g/mol. The molecule has 0 saturated carbocycles. The second kappa shape index (κ2) is 6.49. The van der Waals surface area contributed by atoms with E-state index in [1.165, 1.54) is 24.0 Å². The molecule has 7 heteroatoms. The number of halogens is 1. The first-order valence-corrected chi connectivity index (χ1v) is 7.05. The summed E-state index contributed by atoms with van der Waals surface area (Å²) in [6.45, 7) is 0. The minimum atomic E-state index is -0.547. The Hall–Kier alpha value is -1.92. The lowest BCUT2D eigenvalue weighted by Crippen LogP contribution is -2.18. The lowest BCUT2D eigenvalue weighted by atomic mass is 10.0. The fourth-order valence-electron chi connectivity index (χ4n) is 1.48. The molecule has 0 radical (unpaired) electrons. The standard InChI is InChI=1S/C13H10ClN3O2S/c1-20-13-15-6-5-10(16-13)11(17-19)12(18)8-3-2-4-9(14)7-8/h2-7,19H,1H3/i5D/hD. The molecule has 0 aliphatic heterocycles. The maximum atomic E-state index is 12.5. The lowest BCUT2D eigenvalue weighted by molar-refractivity contribution is 0.106. The summed E-state index contributed by atoms with van der Waals surface area (Å²) >= 11 is 7.13. The lowest BCUT2D eigenvalue weighted by Gasteiger charge is -2.04. The van der Waals surface area contributed by atoms with Gasteiger partial charge in [-0.15, -0.1) is 0 Å². The minimum Gasteiger partial charge on any atom is -0.410 e. The van der Waals surface area contributed by atoms with Gasteiger partial charge < -0.3 is 5.21 Å². The Labute approximate surface area is 127 Å². The van der Waals surface area contributed by atoms with Crippen LogP contribution in [-0.4, -0.2) is 32.9 Å². The first-order valence-electron chi connectivity index (χ1n) is 6.36. The molecule has 102 valence electrons. The van der Waals surface area contributed by atoms with E-state index in [4.69, 9.17) is 14.4 Å². The molecule has 0 fully saturated rings. The molecule has 1 N–H and O–H groups in total. The van der Waals surface area contributed by atoms with Crippen LogP contribution in [0, 0.1) is 0 Å². The molecule has 0 saturated heterocycles. The molecular weight excluding hydrogens is 298 g/mol. The van der Waals surface area contributed by atoms with Crippen LogP contribution in [0.2, 0.25) is 6.45 Å². The minimum absolute atomic E-state index is 0.00317. The van der Waals surface area contributed by atoms with E-state index < -0.39 is 5.78 Å². The third-order valence-electron chi connectivity index (χ3n) is 2.38. The molecule has 1 aromatic carbocycles. The second-order valence-electron chi connectivity index (χ2n) is 3.63. The van der Waals surface area contributed by atoms with Crippen molar-refractivity contribution in [2.75, 3.05) is 6.26 Å². The van der Waals surface area contributed by atoms with Crippen molar-refractivity contribution in [3.05, 3.63) is 52.8 Å². The van der Waals surface area contributed by atoms with Crippen molar-refractivity contribution in [2.45, 2.75) is 5.16 Å². The van der Waals surface area contributed by atoms with Gasteiger partial charge in [0, 0.05) is 16.8 Å². The maximum Gasteiger partial charge on any atom is 0.330 e. The summed E-state index contributed by atoms with van der Waals surface area (Å²) in [5.74, 6) is -0.547. The molecule has 0 atom stereocenters. The Bertz CT molecular complexity index is 743. The van der Waals surface area contributed by atoms with E-state index in [1.807, 2.05) is 0 Å². The van der Waals surface area contributed by atoms with Crippen LogP contribution in [0.5, 0.6) is 0 Å². The Morgan fingerprint density at radius 3 is 3.15 bits per heavy atom. The molecule has 1 aromatic heterocycles. The number of oxime groups is 1. The summed E-state index contributed by atoms with van der Waals surface area (Å²) in [4.78, 5) is 20.6. The third kappa shape index (κ3) is 3.15. The number of carbonyl (C=O) groups is 1. The first-order chi connectivity index (χ1) is 10.6. The fourth-order valence-corrected chi connectivity index (χ4v) is 2.01. The number of carbonyl (C=O) groups excluding carboxylic acids is 1. The molecular formula is C13H10ClN3O2S. The number of nitrogens with zero attached hydrogens (tertiary/aromatic N) is 3. The Balaban J connectivity index is 2.52. The zero-order valence-electron chi connectivity index (χ0n) is 12.3. The van der Waals surface area contributed by atoms with Gasteiger partial charge in [-0.2, -0.15) is 0 Å². The summed E-state index contributed by atoms with van der Waals surface area (Å²) in [6.07, 6.45) is 3.03. The number of aromatic nitrogens is 2. The van der Waals surface area contributed by atoms with Gasteiger partial charge in [-0.3, -0.25) is 4.79 Å². The van der Waals surface area contributed by atoms with Gasteiger partial charge in [0.25, 0.3) is 0 Å². The van der Waals surface area contributed by atoms with E-state index in [1.54, 1.807) is 24.5 Å². The zero-order chi connectivity index (χ0) is 16.1. The maximum absolute atomic E-state index is 12.5. The number of Topliss-reactive ketones (excluding diaryl/α,β-unsaturated/α-hetero) is 1. The van der Waals surface area contributed by atoms with E-state index in [0.29, 0.717) is 10.2 Å². The third-order valence-corrected chi connectivity index (χ3v) is 3.18. The Kier molecular flexibility index (Phi) is 3.85. The van der Waals surface area contributed by atoms with Gasteiger partial charge in [-0.05, 0) is 24.4 Å². The molecule has 0 bridgehead atoms. The second-order valence-corrected chi connectivity index (χ2v) is 4.84. The van der Waals surface area contributed by atoms with Crippen LogP contribution in [0.15, 0.2) is 46.8 Å². The highest BCUT2D eigenvalue weighted by atomic mass is 35.5. The fraction of sp³-hybridized carbons (Fsp3) is 0.0769. The summed E-state index contributed by atoms with van der Waals surface area (Å²) in [7, 11) is 0. The van der Waals surface area contributed by atoms with E-state index in [9.17, 15) is 4.79 Å². The van der Waals surface area contributed by atoms with E-state index in [2.05, 4.69) is 20.3 Å². The Morgan fingerprint density at radius 2 is 2.45 bits per heavy atom. The van der Waals surface area contributed by atoms with E-state index in [0.717, 1.165) is 0 Å². The first kappa shape index (κ1) is 11.9. The van der Waals surface area contributed by atoms with Gasteiger partial charge >= 0.3 is 1.43 Å². The van der Waals surface area contributed by atoms with Crippen LogP contribution in [0.25, 0.3) is 0 Å². The summed E-state index contributed by atoms with van der Waals surface area (Å²) in [5.41, 5.74) is 0.00329. The average Bonchev–Trinajstić information content (AvgIpc) is 2.53. The highest BCUT2D eigenvalue weighted by molar-refractivity contribution is 7.98. The number of ketones is 1. The van der Waals surface area contributed by atoms with Crippen molar-refractivity contribution in [1.29, 1.82) is 0 Å². The number of benzene rings is 1. The van der Waals surface area contributed by atoms with Crippen LogP contribution in [0.4, 0.5) is 0 Å². The number of thioether (sulfide) groups is 1. The normalized spacial score (nSPS) is 12.6. The smallest absolute Gasteiger partial charge is 0.330 e. The van der Waals surface area contributed by atoms with Gasteiger partial charge in [0.1, 0.15) is 5.69 Å². The number of hydrogen-bond donors (Lipinski definition) is 1. The van der Waals surface area contributed by atoms with Gasteiger partial charge in [0.05, 0.1) is 1.37 Å². The molecule has 0 aliphatic rings. The molecule has 0 amide bonds. The van der Waals surface area contributed by atoms with Crippen LogP contribution >= 0.6 is 23.4 Å². The summed E-state index contributed by atoms with van der Waals surface area (Å²) in [5, 5.41) is 8.16. The molecule has 0 spiro atoms. The van der Waals surface area contributed by atoms with Crippen molar-refractivity contribution >= 4 is 34.9 Å². The van der Waals surface area contributed by atoms with Gasteiger partial charge in [-0.1, -0.05) is 40.7 Å². The number of rotatable bonds is 5. The van der Waals surface area contributed by atoms with E-state index in [-0.39, 0.29) is 23.0 Å². The van der Waals surface area contributed by atoms with Crippen molar-refractivity contribution in [3.63, 3.8) is 0 Å². The van der Waals surface area contributed by atoms with Crippen LogP contribution in [0.3, 0.4) is 0 Å². The van der Waals surface area contributed by atoms with Crippen molar-refractivity contribution < 1.29 is 12.8 Å². The molecule has 20 heavy (non-hydrogen) atoms. The van der Waals surface area contributed by atoms with Crippen molar-refractivity contribution in [1.82, 2.24) is 9.97 Å². The summed E-state index contributed by atoms with van der Waals surface area (Å²) in [6, 6.07) is 6.16. The molecule has 5 nitrogen and oxygen atoms in total. The van der Waals surface area contributed by atoms with Crippen molar-refractivity contribution in [2.24, 2.45) is 5.16 Å². The predicted molar refractivity (Wildman–Crippen MR) is 77.9 cm³/mol. The molecule has 0 aliphatic carbocycles. The molecule has 1 heterocycles. The predicted octanol–water partition coefficient (Wildman–Crippen LogP) is 2.91. The largest absolute Gasteiger partial charge is 0.410 e. The quantitative estimate of drug-likeness (QED) is 0.229. The van der Waals surface area contributed by atoms with Crippen molar-refractivity contribution in [3.8, 4) is 0 Å². The Morgan fingerprint density at radius 1 is 1.60 bits per heavy atom. The van der Waals surface area contributed by atoms with Gasteiger partial charge in [-0.25, -0.2) is 9.97 Å². The van der Waals surface area contributed by atoms with Gasteiger partial charge in [0.15, 0.2) is 10.9 Å². The van der Waals surface area contributed by atoms with Crippen LogP contribution in [0.1, 0.15) is 17.4 Å². The highest BCUT2D eigenvalue weighted by Crippen LogP contribution is 2.14. The zero-order valence-corrected chi connectivity index (χ0v) is 11.9. The van der Waals surface area contributed by atoms with E-state index >= 15 is 0 Å². The highest BCUT2D eigenvalue weighted by Gasteiger charge is 2.19. The summed E-state index contributed by atoms with van der Waals surface area (Å²) < 4.78 is 14.6. The number of hydrogen-bond acceptors (Lipinski definition) is 6. The van der Waals surface area contributed by atoms with Crippen LogP contribution in [-0.2, 0) is 0 Å². The molecule has 0 unspecified atom stereocenters. The monoisotopic (exact) mass is 309 g/mol. The van der Waals surface area contributed by atoms with Gasteiger partial charge in [0.2, 0.25) is 5.78 Å². The molecule has 2 aromatic rings. The molecule has 2 rings (SSSR count). The SMILES string of the molecule is [2H]ON=C(C(=O)c1cccc(Cl)c1)c1nc(SC)ncc1[2H]. The topological polar surface area (TPSA) is 75.4 Å².